The molecule has 2 aliphatic heterocycles. The fourth-order valence-corrected chi connectivity index (χ4v) is 3.20. The summed E-state index contributed by atoms with van der Waals surface area (Å²) in [5.74, 6) is 0. The molecule has 0 saturated carbocycles. The third kappa shape index (κ3) is 3.45. The van der Waals surface area contributed by atoms with Crippen LogP contribution in [-0.4, -0.2) is 38.5 Å². The van der Waals surface area contributed by atoms with Crippen LogP contribution in [0.4, 0.5) is 0 Å². The molecule has 0 aromatic heterocycles. The van der Waals surface area contributed by atoms with Crippen molar-refractivity contribution < 1.29 is 9.31 Å². The molecule has 24 heavy (non-hydrogen) atoms. The topological polar surface area (TPSA) is 42.5 Å². The fourth-order valence-electron chi connectivity index (χ4n) is 3.20. The first-order valence-corrected chi connectivity index (χ1v) is 8.86. The van der Waals surface area contributed by atoms with Crippen LogP contribution < -0.4 is 10.6 Å². The standard InChI is InChI=1S/C19H29BN2O2/c1-18(2)19(3,4)24-20(23-18)17(13-21-5)11-14-6-7-16-12-22-9-8-15(16)10-14/h6-7,10-11,21-22H,8-9,12-13H2,1-5H3. The molecule has 0 bridgehead atoms. The van der Waals surface area contributed by atoms with Crippen molar-refractivity contribution in [1.82, 2.24) is 10.6 Å². The van der Waals surface area contributed by atoms with Gasteiger partial charge in [0, 0.05) is 13.1 Å². The molecule has 1 aromatic carbocycles. The average Bonchev–Trinajstić information content (AvgIpc) is 2.75. The van der Waals surface area contributed by atoms with Crippen molar-refractivity contribution in [3.63, 3.8) is 0 Å². The van der Waals surface area contributed by atoms with Gasteiger partial charge >= 0.3 is 7.12 Å². The van der Waals surface area contributed by atoms with Crippen LogP contribution in [0.25, 0.3) is 6.08 Å². The quantitative estimate of drug-likeness (QED) is 0.834. The van der Waals surface area contributed by atoms with E-state index in [1.54, 1.807) is 0 Å². The van der Waals surface area contributed by atoms with Gasteiger partial charge in [-0.3, -0.25) is 0 Å². The largest absolute Gasteiger partial charge is 0.491 e. The van der Waals surface area contributed by atoms with Crippen molar-refractivity contribution in [3.05, 3.63) is 40.4 Å². The highest BCUT2D eigenvalue weighted by Crippen LogP contribution is 2.38. The summed E-state index contributed by atoms with van der Waals surface area (Å²) in [5.41, 5.74) is 4.57. The van der Waals surface area contributed by atoms with E-state index in [0.717, 1.165) is 31.5 Å². The van der Waals surface area contributed by atoms with Crippen LogP contribution in [0, 0.1) is 0 Å². The van der Waals surface area contributed by atoms with Gasteiger partial charge < -0.3 is 19.9 Å². The molecule has 5 heteroatoms. The number of benzene rings is 1. The molecular weight excluding hydrogens is 299 g/mol. The molecular formula is C19H29BN2O2. The van der Waals surface area contributed by atoms with E-state index in [1.165, 1.54) is 16.7 Å². The minimum absolute atomic E-state index is 0.305. The van der Waals surface area contributed by atoms with E-state index >= 15 is 0 Å². The monoisotopic (exact) mass is 328 g/mol. The SMILES string of the molecule is CNCC(=Cc1ccc2c(c1)CCNC2)B1OC(C)(C)C(C)(C)O1. The van der Waals surface area contributed by atoms with Gasteiger partial charge in [0.2, 0.25) is 0 Å². The van der Waals surface area contributed by atoms with Gasteiger partial charge in [-0.1, -0.05) is 24.3 Å². The molecule has 1 saturated heterocycles. The zero-order valence-electron chi connectivity index (χ0n) is 15.5. The highest BCUT2D eigenvalue weighted by atomic mass is 16.7. The van der Waals surface area contributed by atoms with Crippen LogP contribution in [0.5, 0.6) is 0 Å². The Hall–Kier alpha value is -1.14. The zero-order chi connectivity index (χ0) is 17.4. The Balaban J connectivity index is 1.87. The Bertz CT molecular complexity index is 624. The molecule has 3 rings (SSSR count). The number of hydrogen-bond acceptors (Lipinski definition) is 4. The Kier molecular flexibility index (Phi) is 4.89. The second kappa shape index (κ2) is 6.64. The summed E-state index contributed by atoms with van der Waals surface area (Å²) < 4.78 is 12.4. The number of rotatable bonds is 4. The molecule has 2 N–H and O–H groups in total. The second-order valence-electron chi connectivity index (χ2n) is 7.79. The summed E-state index contributed by atoms with van der Waals surface area (Å²) in [5, 5.41) is 6.66. The van der Waals surface area contributed by atoms with E-state index in [2.05, 4.69) is 62.6 Å². The second-order valence-corrected chi connectivity index (χ2v) is 7.79. The van der Waals surface area contributed by atoms with Crippen LogP contribution in [0.2, 0.25) is 0 Å². The smallest absolute Gasteiger partial charge is 0.400 e. The number of hydrogen-bond donors (Lipinski definition) is 2. The molecule has 0 unspecified atom stereocenters. The molecule has 0 spiro atoms. The van der Waals surface area contributed by atoms with E-state index < -0.39 is 0 Å². The van der Waals surface area contributed by atoms with Crippen molar-refractivity contribution in [3.8, 4) is 0 Å². The molecule has 2 heterocycles. The van der Waals surface area contributed by atoms with Gasteiger partial charge in [0.1, 0.15) is 0 Å². The van der Waals surface area contributed by atoms with Crippen LogP contribution in [0.1, 0.15) is 44.4 Å². The molecule has 130 valence electrons. The maximum Gasteiger partial charge on any atom is 0.491 e. The van der Waals surface area contributed by atoms with Gasteiger partial charge in [0.05, 0.1) is 11.2 Å². The summed E-state index contributed by atoms with van der Waals surface area (Å²) >= 11 is 0. The summed E-state index contributed by atoms with van der Waals surface area (Å²) in [7, 11) is 1.65. The van der Waals surface area contributed by atoms with Crippen LogP contribution in [-0.2, 0) is 22.3 Å². The van der Waals surface area contributed by atoms with Crippen molar-refractivity contribution in [2.45, 2.75) is 51.9 Å². The van der Waals surface area contributed by atoms with E-state index in [9.17, 15) is 0 Å². The first-order chi connectivity index (χ1) is 11.3. The van der Waals surface area contributed by atoms with Crippen LogP contribution in [0.3, 0.4) is 0 Å². The Morgan fingerprint density at radius 3 is 2.58 bits per heavy atom. The Morgan fingerprint density at radius 1 is 1.21 bits per heavy atom. The normalized spacial score (nSPS) is 22.5. The van der Waals surface area contributed by atoms with Gasteiger partial charge in [-0.05, 0) is 69.9 Å². The van der Waals surface area contributed by atoms with Crippen molar-refractivity contribution in [2.24, 2.45) is 0 Å². The average molecular weight is 328 g/mol. The lowest BCUT2D eigenvalue weighted by atomic mass is 9.76. The Morgan fingerprint density at radius 2 is 1.92 bits per heavy atom. The summed E-state index contributed by atoms with van der Waals surface area (Å²) in [6.45, 7) is 11.1. The third-order valence-corrected chi connectivity index (χ3v) is 5.41. The first kappa shape index (κ1) is 17.7. The van der Waals surface area contributed by atoms with Crippen molar-refractivity contribution in [1.29, 1.82) is 0 Å². The Labute approximate surface area is 146 Å². The van der Waals surface area contributed by atoms with E-state index in [4.69, 9.17) is 9.31 Å². The number of nitrogens with one attached hydrogen (secondary N) is 2. The molecule has 0 aliphatic carbocycles. The van der Waals surface area contributed by atoms with E-state index in [-0.39, 0.29) is 18.3 Å². The lowest BCUT2D eigenvalue weighted by Gasteiger charge is -2.32. The van der Waals surface area contributed by atoms with Crippen molar-refractivity contribution in [2.75, 3.05) is 20.1 Å². The highest BCUT2D eigenvalue weighted by molar-refractivity contribution is 6.55. The molecule has 1 fully saturated rings. The molecule has 1 aromatic rings. The highest BCUT2D eigenvalue weighted by Gasteiger charge is 2.52. The summed E-state index contributed by atoms with van der Waals surface area (Å²) in [6.07, 6.45) is 3.30. The lowest BCUT2D eigenvalue weighted by Crippen LogP contribution is -2.41. The predicted molar refractivity (Wildman–Crippen MR) is 99.8 cm³/mol. The van der Waals surface area contributed by atoms with E-state index in [0.29, 0.717) is 0 Å². The summed E-state index contributed by atoms with van der Waals surface area (Å²) in [4.78, 5) is 0. The minimum atomic E-state index is -0.313. The van der Waals surface area contributed by atoms with Crippen molar-refractivity contribution >= 4 is 13.2 Å². The van der Waals surface area contributed by atoms with E-state index in [1.807, 2.05) is 7.05 Å². The zero-order valence-corrected chi connectivity index (χ0v) is 15.5. The van der Waals surface area contributed by atoms with Gasteiger partial charge in [0.25, 0.3) is 0 Å². The maximum atomic E-state index is 6.22. The van der Waals surface area contributed by atoms with Crippen LogP contribution in [0.15, 0.2) is 23.7 Å². The van der Waals surface area contributed by atoms with Gasteiger partial charge in [-0.2, -0.15) is 0 Å². The number of likely N-dealkylation sites (N-methyl/N-ethyl adjacent to an activating group) is 1. The first-order valence-electron chi connectivity index (χ1n) is 8.86. The van der Waals surface area contributed by atoms with Crippen LogP contribution >= 0.6 is 0 Å². The molecule has 2 aliphatic rings. The maximum absolute atomic E-state index is 6.22. The fraction of sp³-hybridized carbons (Fsp3) is 0.579. The molecule has 0 atom stereocenters. The van der Waals surface area contributed by atoms with Gasteiger partial charge in [-0.25, -0.2) is 0 Å². The molecule has 4 nitrogen and oxygen atoms in total. The predicted octanol–water partition coefficient (Wildman–Crippen LogP) is 2.57. The summed E-state index contributed by atoms with van der Waals surface area (Å²) in [6, 6.07) is 6.72. The molecule has 0 amide bonds. The number of fused-ring (bicyclic) bond motifs is 1. The third-order valence-electron chi connectivity index (χ3n) is 5.41. The lowest BCUT2D eigenvalue weighted by molar-refractivity contribution is 0.00578. The van der Waals surface area contributed by atoms with Gasteiger partial charge in [-0.15, -0.1) is 0 Å². The van der Waals surface area contributed by atoms with Gasteiger partial charge in [0.15, 0.2) is 0 Å². The minimum Gasteiger partial charge on any atom is -0.400 e. The molecule has 0 radical (unpaired) electrons.